The van der Waals surface area contributed by atoms with E-state index in [-0.39, 0.29) is 5.92 Å². The zero-order valence-corrected chi connectivity index (χ0v) is 18.4. The molecule has 3 unspecified atom stereocenters. The van der Waals surface area contributed by atoms with Crippen molar-refractivity contribution in [1.82, 2.24) is 19.8 Å². The Labute approximate surface area is 180 Å². The molecule has 7 nitrogen and oxygen atoms in total. The highest BCUT2D eigenvalue weighted by Crippen LogP contribution is 2.32. The van der Waals surface area contributed by atoms with Gasteiger partial charge in [0.15, 0.2) is 0 Å². The van der Waals surface area contributed by atoms with E-state index in [2.05, 4.69) is 24.7 Å². The van der Waals surface area contributed by atoms with Gasteiger partial charge in [-0.3, -0.25) is 4.79 Å². The Morgan fingerprint density at radius 3 is 2.73 bits per heavy atom. The molecule has 0 aliphatic carbocycles. The Morgan fingerprint density at radius 2 is 1.90 bits per heavy atom. The van der Waals surface area contributed by atoms with Crippen LogP contribution in [0.4, 0.5) is 5.95 Å². The minimum Gasteiger partial charge on any atom is -0.383 e. The number of nitrogens with zero attached hydrogens (tertiary/aromatic N) is 5. The first-order valence-corrected chi connectivity index (χ1v) is 11.8. The molecular weight excluding hydrogens is 378 g/mol. The van der Waals surface area contributed by atoms with Gasteiger partial charge >= 0.3 is 0 Å². The van der Waals surface area contributed by atoms with Crippen LogP contribution in [-0.2, 0) is 9.53 Å². The van der Waals surface area contributed by atoms with Gasteiger partial charge in [-0.05, 0) is 63.6 Å². The Bertz CT molecular complexity index is 671. The Kier molecular flexibility index (Phi) is 7.55. The topological polar surface area (TPSA) is 61.8 Å². The first-order chi connectivity index (χ1) is 14.8. The quantitative estimate of drug-likeness (QED) is 0.682. The van der Waals surface area contributed by atoms with E-state index in [4.69, 9.17) is 4.74 Å². The summed E-state index contributed by atoms with van der Waals surface area (Å²) in [7, 11) is 1.72. The maximum atomic E-state index is 13.6. The molecule has 3 fully saturated rings. The van der Waals surface area contributed by atoms with Crippen molar-refractivity contribution >= 4 is 11.9 Å². The van der Waals surface area contributed by atoms with E-state index in [1.54, 1.807) is 19.5 Å². The van der Waals surface area contributed by atoms with E-state index < -0.39 is 0 Å². The number of hydrogen-bond donors (Lipinski definition) is 0. The van der Waals surface area contributed by atoms with Gasteiger partial charge in [0.1, 0.15) is 0 Å². The molecule has 0 aromatic carbocycles. The van der Waals surface area contributed by atoms with Crippen LogP contribution in [0.5, 0.6) is 0 Å². The molecule has 0 radical (unpaired) electrons. The summed E-state index contributed by atoms with van der Waals surface area (Å²) in [5.74, 6) is 1.65. The summed E-state index contributed by atoms with van der Waals surface area (Å²) in [6.07, 6.45) is 12.0. The van der Waals surface area contributed by atoms with Crippen molar-refractivity contribution in [1.29, 1.82) is 0 Å². The van der Waals surface area contributed by atoms with Gasteiger partial charge in [-0.15, -0.1) is 0 Å². The summed E-state index contributed by atoms with van der Waals surface area (Å²) >= 11 is 0. The van der Waals surface area contributed by atoms with Crippen molar-refractivity contribution in [2.75, 3.05) is 57.9 Å². The molecule has 0 N–H and O–H groups in total. The van der Waals surface area contributed by atoms with Gasteiger partial charge in [0, 0.05) is 51.7 Å². The van der Waals surface area contributed by atoms with Crippen LogP contribution in [0.25, 0.3) is 0 Å². The third-order valence-electron chi connectivity index (χ3n) is 7.17. The Balaban J connectivity index is 1.42. The summed E-state index contributed by atoms with van der Waals surface area (Å²) in [5.41, 5.74) is 0. The highest BCUT2D eigenvalue weighted by atomic mass is 16.5. The Morgan fingerprint density at radius 1 is 1.10 bits per heavy atom. The molecular formula is C23H37N5O2. The summed E-state index contributed by atoms with van der Waals surface area (Å²) in [6.45, 7) is 6.28. The van der Waals surface area contributed by atoms with E-state index >= 15 is 0 Å². The summed E-state index contributed by atoms with van der Waals surface area (Å²) in [6, 6.07) is 2.49. The SMILES string of the molecule is COCCN(CC1CCCN2CCCCC12)C(=O)C1CCCN(c2ncccn2)C1. The van der Waals surface area contributed by atoms with Crippen LogP contribution in [0, 0.1) is 11.8 Å². The van der Waals surface area contributed by atoms with Crippen LogP contribution < -0.4 is 4.90 Å². The number of carbonyl (C=O) groups is 1. The zero-order chi connectivity index (χ0) is 20.8. The molecule has 30 heavy (non-hydrogen) atoms. The summed E-state index contributed by atoms with van der Waals surface area (Å²) < 4.78 is 5.36. The van der Waals surface area contributed by atoms with Crippen molar-refractivity contribution < 1.29 is 9.53 Å². The van der Waals surface area contributed by atoms with Crippen LogP contribution in [0.1, 0.15) is 44.9 Å². The van der Waals surface area contributed by atoms with E-state index in [0.717, 1.165) is 31.9 Å². The second-order valence-electron chi connectivity index (χ2n) is 9.11. The molecule has 1 aromatic heterocycles. The predicted molar refractivity (Wildman–Crippen MR) is 117 cm³/mol. The molecule has 1 aromatic rings. The fourth-order valence-corrected chi connectivity index (χ4v) is 5.64. The van der Waals surface area contributed by atoms with Crippen molar-refractivity contribution in [3.8, 4) is 0 Å². The van der Waals surface area contributed by atoms with E-state index in [1.807, 2.05) is 6.07 Å². The van der Waals surface area contributed by atoms with E-state index in [0.29, 0.717) is 37.6 Å². The number of anilines is 1. The monoisotopic (exact) mass is 415 g/mol. The number of piperidine rings is 3. The fourth-order valence-electron chi connectivity index (χ4n) is 5.64. The van der Waals surface area contributed by atoms with Gasteiger partial charge in [0.2, 0.25) is 11.9 Å². The number of fused-ring (bicyclic) bond motifs is 1. The number of methoxy groups -OCH3 is 1. The lowest BCUT2D eigenvalue weighted by Crippen LogP contribution is -2.53. The van der Waals surface area contributed by atoms with Crippen LogP contribution in [-0.4, -0.2) is 84.7 Å². The maximum Gasteiger partial charge on any atom is 0.227 e. The normalized spacial score (nSPS) is 27.5. The standard InChI is InChI=1S/C23H37N5O2/c1-30-16-15-27(17-19-7-4-13-26-12-3-2-9-21(19)26)22(29)20-8-5-14-28(18-20)23-24-10-6-11-25-23/h6,10-11,19-21H,2-5,7-9,12-18H2,1H3. The van der Waals surface area contributed by atoms with Crippen molar-refractivity contribution in [3.05, 3.63) is 18.5 Å². The number of aromatic nitrogens is 2. The molecule has 7 heteroatoms. The van der Waals surface area contributed by atoms with Gasteiger partial charge in [0.05, 0.1) is 12.5 Å². The van der Waals surface area contributed by atoms with Gasteiger partial charge in [-0.1, -0.05) is 6.42 Å². The van der Waals surface area contributed by atoms with Crippen LogP contribution in [0.2, 0.25) is 0 Å². The number of hydrogen-bond acceptors (Lipinski definition) is 6. The molecule has 1 amide bonds. The molecule has 166 valence electrons. The number of carbonyl (C=O) groups excluding carboxylic acids is 1. The van der Waals surface area contributed by atoms with Gasteiger partial charge in [-0.25, -0.2) is 9.97 Å². The van der Waals surface area contributed by atoms with E-state index in [1.165, 1.54) is 45.2 Å². The van der Waals surface area contributed by atoms with E-state index in [9.17, 15) is 4.79 Å². The molecule has 0 spiro atoms. The van der Waals surface area contributed by atoms with Crippen LogP contribution in [0.15, 0.2) is 18.5 Å². The van der Waals surface area contributed by atoms with Crippen molar-refractivity contribution in [2.45, 2.75) is 51.0 Å². The van der Waals surface area contributed by atoms with Crippen LogP contribution >= 0.6 is 0 Å². The third-order valence-corrected chi connectivity index (χ3v) is 7.17. The largest absolute Gasteiger partial charge is 0.383 e. The Hall–Kier alpha value is -1.73. The molecule has 3 aliphatic heterocycles. The number of rotatable bonds is 7. The second-order valence-corrected chi connectivity index (χ2v) is 9.11. The average Bonchev–Trinajstić information content (AvgIpc) is 2.82. The van der Waals surface area contributed by atoms with Crippen molar-refractivity contribution in [3.63, 3.8) is 0 Å². The molecule has 3 saturated heterocycles. The first-order valence-electron chi connectivity index (χ1n) is 11.8. The van der Waals surface area contributed by atoms with Gasteiger partial charge in [-0.2, -0.15) is 0 Å². The zero-order valence-electron chi connectivity index (χ0n) is 18.4. The molecule has 4 heterocycles. The smallest absolute Gasteiger partial charge is 0.227 e. The molecule has 0 bridgehead atoms. The molecule has 0 saturated carbocycles. The highest BCUT2D eigenvalue weighted by molar-refractivity contribution is 5.79. The highest BCUT2D eigenvalue weighted by Gasteiger charge is 2.36. The van der Waals surface area contributed by atoms with Gasteiger partial charge < -0.3 is 19.4 Å². The maximum absolute atomic E-state index is 13.6. The minimum absolute atomic E-state index is 0.0189. The molecule has 4 rings (SSSR count). The first kappa shape index (κ1) is 21.5. The lowest BCUT2D eigenvalue weighted by atomic mass is 9.83. The van der Waals surface area contributed by atoms with Gasteiger partial charge in [0.25, 0.3) is 0 Å². The summed E-state index contributed by atoms with van der Waals surface area (Å²) in [5, 5.41) is 0. The molecule has 3 atom stereocenters. The second kappa shape index (κ2) is 10.5. The van der Waals surface area contributed by atoms with Crippen LogP contribution in [0.3, 0.4) is 0 Å². The number of ether oxygens (including phenoxy) is 1. The predicted octanol–water partition coefficient (Wildman–Crippen LogP) is 2.43. The number of amides is 1. The van der Waals surface area contributed by atoms with Crippen molar-refractivity contribution in [2.24, 2.45) is 11.8 Å². The lowest BCUT2D eigenvalue weighted by molar-refractivity contribution is -0.138. The minimum atomic E-state index is 0.0189. The third kappa shape index (κ3) is 5.11. The lowest BCUT2D eigenvalue weighted by Gasteiger charge is -2.46. The molecule has 3 aliphatic rings. The summed E-state index contributed by atoms with van der Waals surface area (Å²) in [4.78, 5) is 29.4. The average molecular weight is 416 g/mol. The fraction of sp³-hybridized carbons (Fsp3) is 0.783.